The molecule has 0 aromatic heterocycles. The summed E-state index contributed by atoms with van der Waals surface area (Å²) < 4.78 is 11.1. The van der Waals surface area contributed by atoms with Gasteiger partial charge >= 0.3 is 0 Å². The molecule has 1 aliphatic heterocycles. The van der Waals surface area contributed by atoms with Gasteiger partial charge in [0.05, 0.1) is 19.3 Å². The normalized spacial score (nSPS) is 21.2. The topological polar surface area (TPSA) is 59.6 Å². The van der Waals surface area contributed by atoms with Crippen LogP contribution in [-0.4, -0.2) is 44.4 Å². The van der Waals surface area contributed by atoms with Crippen molar-refractivity contribution in [2.24, 2.45) is 0 Å². The molecule has 1 amide bonds. The zero-order valence-corrected chi connectivity index (χ0v) is 13.2. The van der Waals surface area contributed by atoms with E-state index >= 15 is 0 Å². The van der Waals surface area contributed by atoms with E-state index < -0.39 is 0 Å². The number of para-hydroxylation sites is 1. The van der Waals surface area contributed by atoms with Crippen LogP contribution in [0.4, 0.5) is 0 Å². The minimum absolute atomic E-state index is 0. The number of amides is 1. The van der Waals surface area contributed by atoms with E-state index in [0.717, 1.165) is 11.3 Å². The van der Waals surface area contributed by atoms with Gasteiger partial charge in [-0.3, -0.25) is 4.79 Å². The first-order valence-electron chi connectivity index (χ1n) is 6.99. The Morgan fingerprint density at radius 3 is 2.95 bits per heavy atom. The van der Waals surface area contributed by atoms with Crippen LogP contribution in [0, 0.1) is 6.92 Å². The maximum Gasteiger partial charge on any atom is 0.239 e. The summed E-state index contributed by atoms with van der Waals surface area (Å²) >= 11 is 0. The number of hydrogen-bond donors (Lipinski definition) is 2. The quantitative estimate of drug-likeness (QED) is 0.804. The first-order chi connectivity index (χ1) is 9.68. The predicted octanol–water partition coefficient (Wildman–Crippen LogP) is 1.29. The lowest BCUT2D eigenvalue weighted by atomic mass is 10.1. The fraction of sp³-hybridized carbons (Fsp3) is 0.533. The van der Waals surface area contributed by atoms with E-state index in [0.29, 0.717) is 26.3 Å². The third-order valence-corrected chi connectivity index (χ3v) is 3.35. The number of morpholine rings is 1. The van der Waals surface area contributed by atoms with Crippen LogP contribution in [0.5, 0.6) is 5.75 Å². The molecule has 2 N–H and O–H groups in total. The van der Waals surface area contributed by atoms with E-state index in [-0.39, 0.29) is 30.5 Å². The van der Waals surface area contributed by atoms with Crippen molar-refractivity contribution in [2.75, 3.05) is 26.3 Å². The molecule has 2 rings (SSSR count). The van der Waals surface area contributed by atoms with Crippen LogP contribution in [0.25, 0.3) is 0 Å². The summed E-state index contributed by atoms with van der Waals surface area (Å²) in [5.41, 5.74) is 1.09. The van der Waals surface area contributed by atoms with Crippen molar-refractivity contribution >= 4 is 18.3 Å². The molecule has 21 heavy (non-hydrogen) atoms. The second-order valence-corrected chi connectivity index (χ2v) is 4.91. The molecular formula is C15H23ClN2O3. The molecule has 118 valence electrons. The molecule has 1 aromatic rings. The highest BCUT2D eigenvalue weighted by molar-refractivity contribution is 5.85. The zero-order valence-electron chi connectivity index (χ0n) is 12.4. The highest BCUT2D eigenvalue weighted by Crippen LogP contribution is 2.15. The number of nitrogens with one attached hydrogen (secondary N) is 2. The Kier molecular flexibility index (Phi) is 7.50. The zero-order chi connectivity index (χ0) is 14.4. The van der Waals surface area contributed by atoms with Crippen molar-refractivity contribution < 1.29 is 14.3 Å². The first kappa shape index (κ1) is 17.8. The summed E-state index contributed by atoms with van der Waals surface area (Å²) in [5.74, 6) is 0.819. The second-order valence-electron chi connectivity index (χ2n) is 4.91. The number of ether oxygens (including phenoxy) is 2. The molecule has 1 saturated heterocycles. The van der Waals surface area contributed by atoms with Crippen LogP contribution in [-0.2, 0) is 9.53 Å². The number of benzene rings is 1. The molecule has 6 heteroatoms. The highest BCUT2D eigenvalue weighted by atomic mass is 35.5. The fourth-order valence-corrected chi connectivity index (χ4v) is 2.19. The molecule has 0 saturated carbocycles. The van der Waals surface area contributed by atoms with Crippen LogP contribution >= 0.6 is 12.4 Å². The molecule has 0 spiro atoms. The van der Waals surface area contributed by atoms with Crippen LogP contribution in [0.3, 0.4) is 0 Å². The average molecular weight is 315 g/mol. The summed E-state index contributed by atoms with van der Waals surface area (Å²) in [6.45, 7) is 6.21. The van der Waals surface area contributed by atoms with Crippen LogP contribution in [0.15, 0.2) is 24.3 Å². The van der Waals surface area contributed by atoms with Crippen molar-refractivity contribution in [1.29, 1.82) is 0 Å². The molecule has 1 heterocycles. The van der Waals surface area contributed by atoms with Gasteiger partial charge in [0.1, 0.15) is 18.4 Å². The van der Waals surface area contributed by atoms with E-state index in [1.807, 2.05) is 38.1 Å². The first-order valence-corrected chi connectivity index (χ1v) is 6.99. The van der Waals surface area contributed by atoms with Gasteiger partial charge in [0.25, 0.3) is 0 Å². The molecule has 5 nitrogen and oxygen atoms in total. The monoisotopic (exact) mass is 314 g/mol. The Morgan fingerprint density at radius 2 is 2.24 bits per heavy atom. The van der Waals surface area contributed by atoms with Gasteiger partial charge < -0.3 is 20.1 Å². The number of rotatable bonds is 5. The van der Waals surface area contributed by atoms with Gasteiger partial charge in [-0.1, -0.05) is 18.2 Å². The van der Waals surface area contributed by atoms with Crippen LogP contribution < -0.4 is 15.4 Å². The molecule has 0 bridgehead atoms. The SMILES string of the molecule is Cc1ccccc1OCCNC(=O)[C@H]1NCCO[C@@H]1C.Cl. The van der Waals surface area contributed by atoms with E-state index in [9.17, 15) is 4.79 Å². The van der Waals surface area contributed by atoms with Gasteiger partial charge in [0.15, 0.2) is 0 Å². The lowest BCUT2D eigenvalue weighted by Gasteiger charge is -2.29. The summed E-state index contributed by atoms with van der Waals surface area (Å²) in [6.07, 6.45) is -0.0963. The summed E-state index contributed by atoms with van der Waals surface area (Å²) in [4.78, 5) is 12.0. The molecule has 0 aliphatic carbocycles. The molecule has 2 atom stereocenters. The average Bonchev–Trinajstić information content (AvgIpc) is 2.45. The third kappa shape index (κ3) is 5.19. The molecular weight excluding hydrogens is 292 g/mol. The summed E-state index contributed by atoms with van der Waals surface area (Å²) in [7, 11) is 0. The Hall–Kier alpha value is -1.30. The van der Waals surface area contributed by atoms with Crippen molar-refractivity contribution in [3.63, 3.8) is 0 Å². The molecule has 1 fully saturated rings. The Labute approximate surface area is 131 Å². The van der Waals surface area contributed by atoms with E-state index in [2.05, 4.69) is 10.6 Å². The van der Waals surface area contributed by atoms with Gasteiger partial charge in [-0.05, 0) is 25.5 Å². The molecule has 1 aromatic carbocycles. The van der Waals surface area contributed by atoms with Gasteiger partial charge in [-0.2, -0.15) is 0 Å². The Bertz CT molecular complexity index is 456. The number of halogens is 1. The van der Waals surface area contributed by atoms with Crippen molar-refractivity contribution in [3.8, 4) is 5.75 Å². The van der Waals surface area contributed by atoms with Gasteiger partial charge in [0, 0.05) is 6.54 Å². The maximum absolute atomic E-state index is 12.0. The van der Waals surface area contributed by atoms with E-state index in [1.165, 1.54) is 0 Å². The minimum Gasteiger partial charge on any atom is -0.491 e. The lowest BCUT2D eigenvalue weighted by molar-refractivity contribution is -0.129. The van der Waals surface area contributed by atoms with Crippen LogP contribution in [0.1, 0.15) is 12.5 Å². The smallest absolute Gasteiger partial charge is 0.239 e. The number of hydrogen-bond acceptors (Lipinski definition) is 4. The number of carbonyl (C=O) groups is 1. The van der Waals surface area contributed by atoms with Crippen molar-refractivity contribution in [3.05, 3.63) is 29.8 Å². The number of aryl methyl sites for hydroxylation is 1. The standard InChI is InChI=1S/C15H22N2O3.ClH/c1-11-5-3-4-6-13(11)20-10-8-17-15(18)14-12(2)19-9-7-16-14;/h3-6,12,14,16H,7-10H2,1-2H3,(H,17,18);1H/t12-,14+;/m1./s1. The summed E-state index contributed by atoms with van der Waals surface area (Å²) in [6, 6.07) is 7.56. The maximum atomic E-state index is 12.0. The lowest BCUT2D eigenvalue weighted by Crippen LogP contribution is -2.55. The van der Waals surface area contributed by atoms with E-state index in [4.69, 9.17) is 9.47 Å². The van der Waals surface area contributed by atoms with Crippen molar-refractivity contribution in [2.45, 2.75) is 26.0 Å². The fourth-order valence-electron chi connectivity index (χ4n) is 2.19. The van der Waals surface area contributed by atoms with Gasteiger partial charge in [-0.25, -0.2) is 0 Å². The predicted molar refractivity (Wildman–Crippen MR) is 84.1 cm³/mol. The molecule has 0 radical (unpaired) electrons. The molecule has 1 aliphatic rings. The van der Waals surface area contributed by atoms with Crippen LogP contribution in [0.2, 0.25) is 0 Å². The van der Waals surface area contributed by atoms with Gasteiger partial charge in [-0.15, -0.1) is 12.4 Å². The Morgan fingerprint density at radius 1 is 1.48 bits per heavy atom. The van der Waals surface area contributed by atoms with E-state index in [1.54, 1.807) is 0 Å². The largest absolute Gasteiger partial charge is 0.491 e. The minimum atomic E-state index is -0.276. The second kappa shape index (κ2) is 8.87. The Balaban J connectivity index is 0.00000220. The number of carbonyl (C=O) groups excluding carboxylic acids is 1. The summed E-state index contributed by atoms with van der Waals surface area (Å²) in [5, 5.41) is 6.02. The third-order valence-electron chi connectivity index (χ3n) is 3.35. The highest BCUT2D eigenvalue weighted by Gasteiger charge is 2.27. The van der Waals surface area contributed by atoms with Crippen molar-refractivity contribution in [1.82, 2.24) is 10.6 Å². The van der Waals surface area contributed by atoms with Gasteiger partial charge in [0.2, 0.25) is 5.91 Å². The molecule has 0 unspecified atom stereocenters.